The van der Waals surface area contributed by atoms with Gasteiger partial charge in [0, 0.05) is 30.8 Å². The van der Waals surface area contributed by atoms with E-state index in [4.69, 9.17) is 11.5 Å². The highest BCUT2D eigenvalue weighted by molar-refractivity contribution is 7.98. The van der Waals surface area contributed by atoms with Gasteiger partial charge in [-0.25, -0.2) is 4.79 Å². The quantitative estimate of drug-likeness (QED) is 0.0307. The van der Waals surface area contributed by atoms with Crippen molar-refractivity contribution in [1.82, 2.24) is 37.2 Å². The van der Waals surface area contributed by atoms with Crippen molar-refractivity contribution in [2.75, 3.05) is 30.1 Å². The molecule has 0 spiro atoms. The molecule has 2 aromatic carbocycles. The Labute approximate surface area is 421 Å². The molecule has 2 rings (SSSR count). The number of thiol groups is 2. The molecule has 8 atom stereocenters. The number of carboxylic acid groups (broad SMARTS) is 2. The zero-order chi connectivity index (χ0) is 52.5. The number of hydrogen-bond acceptors (Lipinski definition) is 16. The highest BCUT2D eigenvalue weighted by Gasteiger charge is 2.35. The van der Waals surface area contributed by atoms with Crippen LogP contribution in [0.5, 0.6) is 11.5 Å². The monoisotopic (exact) mass is 1040 g/mol. The summed E-state index contributed by atoms with van der Waals surface area (Å²) in [5.74, 6) is -9.60. The molecule has 7 amide bonds. The Kier molecular flexibility index (Phi) is 27.1. The van der Waals surface area contributed by atoms with E-state index in [1.807, 2.05) is 0 Å². The van der Waals surface area contributed by atoms with E-state index < -0.39 is 120 Å². The van der Waals surface area contributed by atoms with Crippen molar-refractivity contribution >= 4 is 90.3 Å². The first-order chi connectivity index (χ1) is 33.1. The Morgan fingerprint density at radius 3 is 1.43 bits per heavy atom. The molecule has 70 heavy (non-hydrogen) atoms. The number of rotatable bonds is 32. The molecule has 0 aliphatic heterocycles. The van der Waals surface area contributed by atoms with Gasteiger partial charge < -0.3 is 69.1 Å². The summed E-state index contributed by atoms with van der Waals surface area (Å²) in [5.41, 5.74) is 12.5. The molecule has 388 valence electrons. The standard InChI is InChI=1S/C45H67N9O13S3/c1-24(2)37(44(65)51-33(45(66)67)21-26-9-13-28(56)14-10-26)54-40(61)30(15-16-36(57)58)48-42(63)35(23-69)53-39(60)31(17-19-70-3)49-41(62)32(20-25-7-11-27(55)12-8-25)50-43(64)34(22-68)52-38(59)29(47)6-4-5-18-46/h7-14,24,29-35,37,55-56,68-69H,4-6,15-23,46-47H2,1-3H3,(H,48,63)(H,49,62)(H,50,64)(H,51,65)(H,52,59)(H,53,60)(H,54,61)(H,57,58)(H,66,67)/t29-,30+,31-,32-,33-,34-,35-,37-/m0/s1. The van der Waals surface area contributed by atoms with Crippen LogP contribution in [0.25, 0.3) is 0 Å². The van der Waals surface area contributed by atoms with E-state index in [0.29, 0.717) is 42.7 Å². The Balaban J connectivity index is 2.31. The summed E-state index contributed by atoms with van der Waals surface area (Å²) in [6.45, 7) is 3.55. The number of hydrogen-bond donors (Lipinski definition) is 15. The number of unbranched alkanes of at least 4 members (excludes halogenated alkanes) is 1. The van der Waals surface area contributed by atoms with E-state index in [1.165, 1.54) is 60.3 Å². The van der Waals surface area contributed by atoms with Crippen LogP contribution in [-0.4, -0.2) is 152 Å². The summed E-state index contributed by atoms with van der Waals surface area (Å²) in [7, 11) is 0. The van der Waals surface area contributed by atoms with Crippen LogP contribution < -0.4 is 48.7 Å². The number of carbonyl (C=O) groups is 9. The van der Waals surface area contributed by atoms with E-state index in [-0.39, 0.29) is 42.3 Å². The van der Waals surface area contributed by atoms with Crippen LogP contribution in [0.15, 0.2) is 48.5 Å². The second kappa shape index (κ2) is 31.5. The van der Waals surface area contributed by atoms with Crippen LogP contribution in [0.2, 0.25) is 0 Å². The van der Waals surface area contributed by atoms with Crippen LogP contribution >= 0.6 is 37.0 Å². The number of phenolic OH excluding ortho intramolecular Hbond substituents is 2. The number of carbonyl (C=O) groups excluding carboxylic acids is 7. The van der Waals surface area contributed by atoms with Gasteiger partial charge in [0.1, 0.15) is 53.8 Å². The fraction of sp³-hybridized carbons (Fsp3) is 0.533. The molecule has 0 unspecified atom stereocenters. The molecule has 0 saturated carbocycles. The molecule has 0 radical (unpaired) electrons. The SMILES string of the molecule is CSCC[C@H](NC(=O)[C@H](Cc1ccc(O)cc1)NC(=O)[C@H](CS)NC(=O)[C@@H](N)CCCCN)C(=O)N[C@@H](CS)C(=O)N[C@H](CCC(=O)O)C(=O)N[C@H](C(=O)N[C@@H](Cc1ccc(O)cc1)C(=O)O)C(C)C. The molecule has 0 fully saturated rings. The van der Waals surface area contributed by atoms with Gasteiger partial charge in [-0.2, -0.15) is 37.0 Å². The molecule has 0 bridgehead atoms. The van der Waals surface area contributed by atoms with E-state index >= 15 is 0 Å². The molecule has 0 aliphatic rings. The van der Waals surface area contributed by atoms with E-state index in [1.54, 1.807) is 20.1 Å². The summed E-state index contributed by atoms with van der Waals surface area (Å²) in [6, 6.07) is 0.737. The third-order valence-corrected chi connectivity index (χ3v) is 12.1. The van der Waals surface area contributed by atoms with Crippen molar-refractivity contribution in [2.24, 2.45) is 17.4 Å². The number of benzene rings is 2. The van der Waals surface area contributed by atoms with E-state index in [0.717, 1.165) is 0 Å². The largest absolute Gasteiger partial charge is 0.508 e. The molecule has 15 N–H and O–H groups in total. The maximum Gasteiger partial charge on any atom is 0.326 e. The molecule has 22 nitrogen and oxygen atoms in total. The number of nitrogens with two attached hydrogens (primary N) is 2. The van der Waals surface area contributed by atoms with Crippen LogP contribution in [0.4, 0.5) is 0 Å². The predicted octanol–water partition coefficient (Wildman–Crippen LogP) is -1.05. The van der Waals surface area contributed by atoms with Crippen LogP contribution in [0.1, 0.15) is 63.5 Å². The third kappa shape index (κ3) is 21.5. The summed E-state index contributed by atoms with van der Waals surface area (Å²) in [4.78, 5) is 119. The number of aromatic hydroxyl groups is 2. The van der Waals surface area contributed by atoms with Crippen LogP contribution in [-0.2, 0) is 56.0 Å². The minimum Gasteiger partial charge on any atom is -0.508 e. The van der Waals surface area contributed by atoms with Gasteiger partial charge in [0.05, 0.1) is 6.04 Å². The number of aliphatic carboxylic acids is 2. The zero-order valence-corrected chi connectivity index (χ0v) is 41.8. The first kappa shape index (κ1) is 60.4. The zero-order valence-electron chi connectivity index (χ0n) is 39.2. The average Bonchev–Trinajstić information content (AvgIpc) is 3.31. The summed E-state index contributed by atoms with van der Waals surface area (Å²) in [5, 5.41) is 56.4. The summed E-state index contributed by atoms with van der Waals surface area (Å²) >= 11 is 9.78. The summed E-state index contributed by atoms with van der Waals surface area (Å²) < 4.78 is 0. The predicted molar refractivity (Wildman–Crippen MR) is 268 cm³/mol. The highest BCUT2D eigenvalue weighted by atomic mass is 32.2. The maximum atomic E-state index is 14.1. The number of thioether (sulfide) groups is 1. The normalized spacial score (nSPS) is 14.5. The van der Waals surface area contributed by atoms with Gasteiger partial charge in [0.2, 0.25) is 41.4 Å². The highest BCUT2D eigenvalue weighted by Crippen LogP contribution is 2.15. The van der Waals surface area contributed by atoms with Crippen molar-refractivity contribution in [3.05, 3.63) is 59.7 Å². The third-order valence-electron chi connectivity index (χ3n) is 10.7. The van der Waals surface area contributed by atoms with E-state index in [2.05, 4.69) is 62.5 Å². The first-order valence-electron chi connectivity index (χ1n) is 22.4. The Morgan fingerprint density at radius 1 is 0.557 bits per heavy atom. The van der Waals surface area contributed by atoms with Crippen molar-refractivity contribution in [1.29, 1.82) is 0 Å². The number of carboxylic acids is 2. The van der Waals surface area contributed by atoms with Crippen molar-refractivity contribution in [3.63, 3.8) is 0 Å². The first-order valence-corrected chi connectivity index (χ1v) is 25.1. The number of amides is 7. The molecule has 25 heteroatoms. The Bertz CT molecular complexity index is 2070. The second-order valence-electron chi connectivity index (χ2n) is 16.6. The van der Waals surface area contributed by atoms with Crippen LogP contribution in [0.3, 0.4) is 0 Å². The lowest BCUT2D eigenvalue weighted by Gasteiger charge is -2.28. The molecular formula is C45H67N9O13S3. The lowest BCUT2D eigenvalue weighted by molar-refractivity contribution is -0.142. The fourth-order valence-corrected chi connectivity index (χ4v) is 7.62. The van der Waals surface area contributed by atoms with Gasteiger partial charge in [-0.3, -0.25) is 38.4 Å². The second-order valence-corrected chi connectivity index (χ2v) is 18.4. The fourth-order valence-electron chi connectivity index (χ4n) is 6.63. The molecule has 0 aliphatic carbocycles. The number of phenols is 2. The Morgan fingerprint density at radius 2 is 0.971 bits per heavy atom. The van der Waals surface area contributed by atoms with Crippen molar-refractivity contribution in [3.8, 4) is 11.5 Å². The molecular weight excluding hydrogens is 971 g/mol. The average molecular weight is 1040 g/mol. The van der Waals surface area contributed by atoms with E-state index in [9.17, 15) is 63.6 Å². The lowest BCUT2D eigenvalue weighted by Crippen LogP contribution is -2.61. The minimum atomic E-state index is -1.58. The molecule has 2 aromatic rings. The molecule has 0 aromatic heterocycles. The minimum absolute atomic E-state index is 0.0247. The topological polar surface area (TPSA) is 371 Å². The van der Waals surface area contributed by atoms with Gasteiger partial charge in [-0.1, -0.05) is 44.5 Å². The summed E-state index contributed by atoms with van der Waals surface area (Å²) in [6.07, 6.45) is 1.93. The van der Waals surface area contributed by atoms with Gasteiger partial charge in [-0.15, -0.1) is 0 Å². The Hall–Kier alpha value is -5.76. The van der Waals surface area contributed by atoms with Gasteiger partial charge >= 0.3 is 11.9 Å². The maximum absolute atomic E-state index is 14.1. The van der Waals surface area contributed by atoms with Crippen molar-refractivity contribution < 1.29 is 63.6 Å². The lowest BCUT2D eigenvalue weighted by atomic mass is 10.00. The van der Waals surface area contributed by atoms with Gasteiger partial charge in [-0.05, 0) is 85.5 Å². The van der Waals surface area contributed by atoms with Gasteiger partial charge in [0.25, 0.3) is 0 Å². The van der Waals surface area contributed by atoms with Gasteiger partial charge in [0.15, 0.2) is 0 Å². The number of nitrogens with one attached hydrogen (secondary N) is 7. The molecule has 0 saturated heterocycles. The molecule has 0 heterocycles. The smallest absolute Gasteiger partial charge is 0.326 e. The van der Waals surface area contributed by atoms with Crippen molar-refractivity contribution in [2.45, 2.75) is 114 Å². The van der Waals surface area contributed by atoms with Crippen LogP contribution in [0, 0.1) is 5.92 Å².